The van der Waals surface area contributed by atoms with Crippen LogP contribution in [0, 0.1) is 24.2 Å². The summed E-state index contributed by atoms with van der Waals surface area (Å²) in [6.45, 7) is 12.4. The van der Waals surface area contributed by atoms with E-state index in [2.05, 4.69) is 26.5 Å². The molecule has 25 heavy (non-hydrogen) atoms. The summed E-state index contributed by atoms with van der Waals surface area (Å²) >= 11 is 0. The fraction of sp³-hybridized carbons (Fsp3) is 0.636. The highest BCUT2D eigenvalue weighted by molar-refractivity contribution is 5.54. The van der Waals surface area contributed by atoms with E-state index in [9.17, 15) is 10.2 Å². The second-order valence-electron chi connectivity index (χ2n) is 9.17. The minimum Gasteiger partial charge on any atom is -0.508 e. The van der Waals surface area contributed by atoms with Crippen molar-refractivity contribution < 1.29 is 14.9 Å². The Morgan fingerprint density at radius 3 is 2.80 bits per heavy atom. The maximum absolute atomic E-state index is 10.7. The summed E-state index contributed by atoms with van der Waals surface area (Å²) in [4.78, 5) is 0. The molecule has 3 aliphatic rings. The minimum absolute atomic E-state index is 0.101. The van der Waals surface area contributed by atoms with Gasteiger partial charge in [0, 0.05) is 17.4 Å². The van der Waals surface area contributed by atoms with E-state index in [1.54, 1.807) is 0 Å². The molecule has 0 bridgehead atoms. The second-order valence-corrected chi connectivity index (χ2v) is 9.17. The zero-order valence-corrected chi connectivity index (χ0v) is 15.8. The van der Waals surface area contributed by atoms with Crippen molar-refractivity contribution >= 4 is 0 Å². The van der Waals surface area contributed by atoms with Gasteiger partial charge in [0.05, 0.1) is 6.10 Å². The van der Waals surface area contributed by atoms with Gasteiger partial charge in [0.2, 0.25) is 0 Å². The number of aryl methyl sites for hydroxylation is 1. The number of aliphatic hydroxyl groups is 1. The van der Waals surface area contributed by atoms with Crippen LogP contribution in [-0.4, -0.2) is 21.9 Å². The van der Waals surface area contributed by atoms with Gasteiger partial charge in [0.1, 0.15) is 17.1 Å². The Morgan fingerprint density at radius 2 is 2.12 bits per heavy atom. The SMILES string of the molecule is C=C(C)[C@H](O)CC[C@@]1(C)[C@@H]2CC[C@]3(C)Oc4cc(C)cc(O)c4[C@H]1[C@H]23. The summed E-state index contributed by atoms with van der Waals surface area (Å²) in [5, 5.41) is 20.9. The zero-order valence-electron chi connectivity index (χ0n) is 15.8. The van der Waals surface area contributed by atoms with E-state index in [1.165, 1.54) is 6.42 Å². The predicted molar refractivity (Wildman–Crippen MR) is 99.0 cm³/mol. The van der Waals surface area contributed by atoms with Gasteiger partial charge in [-0.05, 0) is 75.5 Å². The van der Waals surface area contributed by atoms with Crippen LogP contribution in [0.2, 0.25) is 0 Å². The molecule has 1 aromatic rings. The Kier molecular flexibility index (Phi) is 3.57. The molecule has 1 aromatic carbocycles. The Bertz CT molecular complexity index is 739. The zero-order chi connectivity index (χ0) is 18.1. The van der Waals surface area contributed by atoms with Gasteiger partial charge in [0.25, 0.3) is 0 Å². The molecule has 2 fully saturated rings. The normalized spacial score (nSPS) is 39.0. The number of aliphatic hydroxyl groups excluding tert-OH is 1. The quantitative estimate of drug-likeness (QED) is 0.780. The molecule has 1 aliphatic heterocycles. The van der Waals surface area contributed by atoms with Crippen LogP contribution in [0.1, 0.15) is 63.5 Å². The number of hydrogen-bond donors (Lipinski definition) is 2. The van der Waals surface area contributed by atoms with E-state index in [1.807, 2.05) is 19.9 Å². The first-order valence-corrected chi connectivity index (χ1v) is 9.53. The fourth-order valence-electron chi connectivity index (χ4n) is 6.12. The highest BCUT2D eigenvalue weighted by Gasteiger charge is 2.70. The molecule has 2 saturated carbocycles. The summed E-state index contributed by atoms with van der Waals surface area (Å²) in [5.74, 6) is 2.63. The van der Waals surface area contributed by atoms with Crippen molar-refractivity contribution in [3.05, 3.63) is 35.4 Å². The number of hydrogen-bond acceptors (Lipinski definition) is 3. The van der Waals surface area contributed by atoms with Crippen molar-refractivity contribution in [2.24, 2.45) is 17.3 Å². The third-order valence-corrected chi connectivity index (χ3v) is 7.45. The van der Waals surface area contributed by atoms with Crippen LogP contribution in [0.15, 0.2) is 24.3 Å². The summed E-state index contributed by atoms with van der Waals surface area (Å²) < 4.78 is 6.44. The van der Waals surface area contributed by atoms with Gasteiger partial charge in [-0.1, -0.05) is 19.1 Å². The number of ether oxygens (including phenoxy) is 1. The highest BCUT2D eigenvalue weighted by Crippen LogP contribution is 2.75. The van der Waals surface area contributed by atoms with Crippen LogP contribution in [0.25, 0.3) is 0 Å². The number of phenols is 1. The van der Waals surface area contributed by atoms with Crippen LogP contribution in [0.4, 0.5) is 0 Å². The summed E-state index contributed by atoms with van der Waals surface area (Å²) in [7, 11) is 0. The van der Waals surface area contributed by atoms with Crippen LogP contribution in [0.3, 0.4) is 0 Å². The number of rotatable bonds is 4. The summed E-state index contributed by atoms with van der Waals surface area (Å²) in [6, 6.07) is 3.93. The molecule has 2 N–H and O–H groups in total. The van der Waals surface area contributed by atoms with E-state index >= 15 is 0 Å². The maximum atomic E-state index is 10.7. The van der Waals surface area contributed by atoms with Crippen molar-refractivity contribution in [2.75, 3.05) is 0 Å². The van der Waals surface area contributed by atoms with Gasteiger partial charge >= 0.3 is 0 Å². The van der Waals surface area contributed by atoms with Crippen LogP contribution in [-0.2, 0) is 0 Å². The van der Waals surface area contributed by atoms with Gasteiger partial charge in [0.15, 0.2) is 0 Å². The average molecular weight is 342 g/mol. The molecule has 0 radical (unpaired) electrons. The second kappa shape index (κ2) is 5.26. The standard InChI is InChI=1S/C22H30O3/c1-12(2)15(23)7-8-21(4)14-6-9-22(5)19(14)20(21)18-16(24)10-13(3)11-17(18)25-22/h10-11,14-15,19-20,23-24H,1,6-9H2,2-5H3/t14-,15-,19+,20+,21+,22+/m1/s1. The summed E-state index contributed by atoms with van der Waals surface area (Å²) in [5.41, 5.74) is 2.85. The first kappa shape index (κ1) is 17.0. The first-order chi connectivity index (χ1) is 11.7. The van der Waals surface area contributed by atoms with Crippen molar-refractivity contribution in [3.8, 4) is 11.5 Å². The summed E-state index contributed by atoms with van der Waals surface area (Å²) in [6.07, 6.45) is 3.51. The molecule has 0 saturated heterocycles. The lowest BCUT2D eigenvalue weighted by Crippen LogP contribution is -2.60. The van der Waals surface area contributed by atoms with E-state index in [0.717, 1.165) is 41.7 Å². The molecule has 4 rings (SSSR count). The fourth-order valence-corrected chi connectivity index (χ4v) is 6.12. The smallest absolute Gasteiger partial charge is 0.127 e. The third kappa shape index (κ3) is 2.21. The minimum atomic E-state index is -0.436. The van der Waals surface area contributed by atoms with Gasteiger partial charge in [-0.3, -0.25) is 0 Å². The molecule has 0 unspecified atom stereocenters. The Hall–Kier alpha value is -1.48. The molecule has 6 atom stereocenters. The van der Waals surface area contributed by atoms with Crippen molar-refractivity contribution in [1.29, 1.82) is 0 Å². The van der Waals surface area contributed by atoms with E-state index in [4.69, 9.17) is 4.74 Å². The lowest BCUT2D eigenvalue weighted by Gasteiger charge is -2.63. The number of fused-ring (bicyclic) bond motifs is 2. The largest absolute Gasteiger partial charge is 0.508 e. The molecule has 0 spiro atoms. The average Bonchev–Trinajstić information content (AvgIpc) is 2.85. The monoisotopic (exact) mass is 342 g/mol. The van der Waals surface area contributed by atoms with E-state index < -0.39 is 6.10 Å². The van der Waals surface area contributed by atoms with Crippen LogP contribution >= 0.6 is 0 Å². The molecule has 0 aromatic heterocycles. The molecule has 3 heteroatoms. The number of aromatic hydroxyl groups is 1. The van der Waals surface area contributed by atoms with E-state index in [-0.39, 0.29) is 11.0 Å². The molecule has 1 heterocycles. The highest BCUT2D eigenvalue weighted by atomic mass is 16.5. The van der Waals surface area contributed by atoms with Crippen LogP contribution in [0.5, 0.6) is 11.5 Å². The van der Waals surface area contributed by atoms with E-state index in [0.29, 0.717) is 23.5 Å². The lowest BCUT2D eigenvalue weighted by molar-refractivity contribution is -0.136. The van der Waals surface area contributed by atoms with Crippen molar-refractivity contribution in [2.45, 2.75) is 71.0 Å². The predicted octanol–water partition coefficient (Wildman–Crippen LogP) is 4.70. The molecular weight excluding hydrogens is 312 g/mol. The van der Waals surface area contributed by atoms with Gasteiger partial charge in [-0.25, -0.2) is 0 Å². The van der Waals surface area contributed by atoms with Crippen molar-refractivity contribution in [3.63, 3.8) is 0 Å². The molecule has 136 valence electrons. The van der Waals surface area contributed by atoms with Crippen LogP contribution < -0.4 is 4.74 Å². The van der Waals surface area contributed by atoms with Gasteiger partial charge < -0.3 is 14.9 Å². The molecule has 0 amide bonds. The van der Waals surface area contributed by atoms with Gasteiger partial charge in [-0.2, -0.15) is 0 Å². The third-order valence-electron chi connectivity index (χ3n) is 7.45. The number of phenolic OH excluding ortho intramolecular Hbond substituents is 1. The van der Waals surface area contributed by atoms with Gasteiger partial charge in [-0.15, -0.1) is 0 Å². The lowest BCUT2D eigenvalue weighted by atomic mass is 9.43. The molecule has 3 nitrogen and oxygen atoms in total. The first-order valence-electron chi connectivity index (χ1n) is 9.53. The Balaban J connectivity index is 1.74. The Labute approximate surface area is 150 Å². The molecule has 2 aliphatic carbocycles. The maximum Gasteiger partial charge on any atom is 0.127 e. The Morgan fingerprint density at radius 1 is 1.40 bits per heavy atom. The number of benzene rings is 1. The molecular formula is C22H30O3. The topological polar surface area (TPSA) is 49.7 Å². The van der Waals surface area contributed by atoms with Crippen molar-refractivity contribution in [1.82, 2.24) is 0 Å².